The predicted molar refractivity (Wildman–Crippen MR) is 191 cm³/mol. The summed E-state index contributed by atoms with van der Waals surface area (Å²) < 4.78 is 10.5. The number of aliphatic hydroxyl groups is 1. The Bertz CT molecular complexity index is 808. The van der Waals surface area contributed by atoms with Crippen molar-refractivity contribution < 1.29 is 24.2 Å². The van der Waals surface area contributed by atoms with Gasteiger partial charge in [-0.25, -0.2) is 0 Å². The van der Waals surface area contributed by atoms with Crippen LogP contribution in [-0.2, 0) is 19.1 Å². The lowest BCUT2D eigenvalue weighted by Gasteiger charge is -2.15. The Hall–Kier alpha value is -2.40. The molecule has 0 saturated heterocycles. The normalized spacial score (nSPS) is 12.9. The van der Waals surface area contributed by atoms with Crippen LogP contribution in [0.5, 0.6) is 0 Å². The summed E-state index contributed by atoms with van der Waals surface area (Å²) in [5, 5.41) is 9.52. The molecule has 1 N–H and O–H groups in total. The molecular formula is C40H68O5. The second-order valence-electron chi connectivity index (χ2n) is 11.9. The zero-order chi connectivity index (χ0) is 32.9. The number of allylic oxidation sites excluding steroid dienone is 10. The first-order chi connectivity index (χ1) is 22.1. The molecule has 0 aromatic heterocycles. The molecule has 0 saturated carbocycles. The van der Waals surface area contributed by atoms with Crippen LogP contribution < -0.4 is 0 Å². The minimum absolute atomic E-state index is 0.0888. The SMILES string of the molecule is CC/C=C\C/C=C\C/C=C\C/C=C\C/C=C\CCCC(=O)O[C@@H](CO)COC(=O)CCCCCCCCCCCCCCCC. The first-order valence-electron chi connectivity index (χ1n) is 18.3. The van der Waals surface area contributed by atoms with Crippen LogP contribution in [0.15, 0.2) is 60.8 Å². The summed E-state index contributed by atoms with van der Waals surface area (Å²) in [5.41, 5.74) is 0. The van der Waals surface area contributed by atoms with Crippen molar-refractivity contribution >= 4 is 11.9 Å². The third-order valence-corrected chi connectivity index (χ3v) is 7.58. The van der Waals surface area contributed by atoms with Crippen molar-refractivity contribution in [3.05, 3.63) is 60.8 Å². The lowest BCUT2D eigenvalue weighted by Crippen LogP contribution is -2.28. The molecule has 0 radical (unpaired) electrons. The lowest BCUT2D eigenvalue weighted by molar-refractivity contribution is -0.161. The summed E-state index contributed by atoms with van der Waals surface area (Å²) in [5.74, 6) is -0.661. The fourth-order valence-electron chi connectivity index (χ4n) is 4.82. The van der Waals surface area contributed by atoms with Gasteiger partial charge in [-0.1, -0.05) is 158 Å². The molecule has 0 aliphatic carbocycles. The van der Waals surface area contributed by atoms with Crippen molar-refractivity contribution in [3.63, 3.8) is 0 Å². The van der Waals surface area contributed by atoms with E-state index in [1.54, 1.807) is 0 Å². The maximum absolute atomic E-state index is 12.1. The van der Waals surface area contributed by atoms with E-state index < -0.39 is 6.10 Å². The molecule has 5 heteroatoms. The highest BCUT2D eigenvalue weighted by atomic mass is 16.6. The smallest absolute Gasteiger partial charge is 0.306 e. The molecule has 0 unspecified atom stereocenters. The number of ether oxygens (including phenoxy) is 2. The topological polar surface area (TPSA) is 72.8 Å². The van der Waals surface area contributed by atoms with E-state index in [2.05, 4.69) is 74.6 Å². The minimum atomic E-state index is -0.800. The second-order valence-corrected chi connectivity index (χ2v) is 11.9. The van der Waals surface area contributed by atoms with Gasteiger partial charge in [-0.3, -0.25) is 9.59 Å². The number of rotatable bonds is 32. The number of carbonyl (C=O) groups is 2. The van der Waals surface area contributed by atoms with Gasteiger partial charge in [0.15, 0.2) is 6.10 Å². The Morgan fingerprint density at radius 2 is 0.956 bits per heavy atom. The van der Waals surface area contributed by atoms with Gasteiger partial charge >= 0.3 is 11.9 Å². The number of esters is 2. The van der Waals surface area contributed by atoms with Crippen LogP contribution in [0.3, 0.4) is 0 Å². The van der Waals surface area contributed by atoms with Crippen molar-refractivity contribution in [1.82, 2.24) is 0 Å². The quantitative estimate of drug-likeness (QED) is 0.0456. The van der Waals surface area contributed by atoms with Crippen LogP contribution in [0.1, 0.15) is 162 Å². The van der Waals surface area contributed by atoms with E-state index in [0.717, 1.165) is 57.8 Å². The van der Waals surface area contributed by atoms with E-state index in [9.17, 15) is 14.7 Å². The highest BCUT2D eigenvalue weighted by molar-refractivity contribution is 5.70. The average molecular weight is 629 g/mol. The van der Waals surface area contributed by atoms with Gasteiger partial charge < -0.3 is 14.6 Å². The van der Waals surface area contributed by atoms with Crippen molar-refractivity contribution in [2.24, 2.45) is 0 Å². The Kier molecular flexibility index (Phi) is 34.1. The van der Waals surface area contributed by atoms with Crippen LogP contribution >= 0.6 is 0 Å². The number of unbranched alkanes of at least 4 members (excludes halogenated alkanes) is 14. The predicted octanol–water partition coefficient (Wildman–Crippen LogP) is 11.2. The first-order valence-corrected chi connectivity index (χ1v) is 18.3. The highest BCUT2D eigenvalue weighted by Crippen LogP contribution is 2.13. The molecule has 258 valence electrons. The number of hydrogen-bond donors (Lipinski definition) is 1. The minimum Gasteiger partial charge on any atom is -0.462 e. The summed E-state index contributed by atoms with van der Waals surface area (Å²) in [6, 6.07) is 0. The molecule has 0 aromatic rings. The molecule has 0 spiro atoms. The molecule has 0 fully saturated rings. The molecular weight excluding hydrogens is 560 g/mol. The van der Waals surface area contributed by atoms with Crippen LogP contribution in [-0.4, -0.2) is 36.4 Å². The van der Waals surface area contributed by atoms with Gasteiger partial charge in [0, 0.05) is 12.8 Å². The Labute approximate surface area is 277 Å². The third kappa shape index (κ3) is 34.3. The van der Waals surface area contributed by atoms with Crippen LogP contribution in [0.25, 0.3) is 0 Å². The standard InChI is InChI=1S/C40H68O5/c1-3-5-7-9-11-13-15-17-19-20-21-23-25-27-29-31-33-35-40(43)45-38(36-41)37-44-39(42)34-32-30-28-26-24-22-18-16-14-12-10-8-6-4-2/h5,7,11,13,17,19,21,23,27,29,38,41H,3-4,6,8-10,12,14-16,18,20,22,24-26,28,30-37H2,1-2H3/b7-5-,13-11-,19-17-,23-21-,29-27-/t38-/m0/s1. The molecule has 0 heterocycles. The lowest BCUT2D eigenvalue weighted by atomic mass is 10.0. The Morgan fingerprint density at radius 1 is 0.533 bits per heavy atom. The summed E-state index contributed by atoms with van der Waals surface area (Å²) in [7, 11) is 0. The van der Waals surface area contributed by atoms with Crippen molar-refractivity contribution in [2.75, 3.05) is 13.2 Å². The zero-order valence-electron chi connectivity index (χ0n) is 29.1. The third-order valence-electron chi connectivity index (χ3n) is 7.58. The van der Waals surface area contributed by atoms with E-state index in [1.807, 2.05) is 0 Å². The molecule has 0 aliphatic rings. The van der Waals surface area contributed by atoms with E-state index in [0.29, 0.717) is 12.8 Å². The number of hydrogen-bond acceptors (Lipinski definition) is 5. The Balaban J connectivity index is 3.69. The Morgan fingerprint density at radius 3 is 1.42 bits per heavy atom. The molecule has 45 heavy (non-hydrogen) atoms. The fourth-order valence-corrected chi connectivity index (χ4v) is 4.82. The summed E-state index contributed by atoms with van der Waals surface area (Å²) in [4.78, 5) is 24.2. The molecule has 0 aliphatic heterocycles. The molecule has 0 rings (SSSR count). The van der Waals surface area contributed by atoms with Gasteiger partial charge in [-0.05, 0) is 51.4 Å². The van der Waals surface area contributed by atoms with E-state index in [4.69, 9.17) is 9.47 Å². The zero-order valence-corrected chi connectivity index (χ0v) is 29.1. The van der Waals surface area contributed by atoms with Gasteiger partial charge in [-0.15, -0.1) is 0 Å². The molecule has 1 atom stereocenters. The van der Waals surface area contributed by atoms with Gasteiger partial charge in [-0.2, -0.15) is 0 Å². The number of aliphatic hydroxyl groups excluding tert-OH is 1. The van der Waals surface area contributed by atoms with E-state index in [1.165, 1.54) is 70.6 Å². The van der Waals surface area contributed by atoms with Gasteiger partial charge in [0.2, 0.25) is 0 Å². The van der Waals surface area contributed by atoms with Crippen molar-refractivity contribution in [1.29, 1.82) is 0 Å². The van der Waals surface area contributed by atoms with Crippen LogP contribution in [0.2, 0.25) is 0 Å². The molecule has 5 nitrogen and oxygen atoms in total. The maximum atomic E-state index is 12.1. The van der Waals surface area contributed by atoms with Gasteiger partial charge in [0.25, 0.3) is 0 Å². The summed E-state index contributed by atoms with van der Waals surface area (Å²) in [6.45, 7) is 3.96. The number of carbonyl (C=O) groups excluding carboxylic acids is 2. The fraction of sp³-hybridized carbons (Fsp3) is 0.700. The summed E-state index contributed by atoms with van der Waals surface area (Å²) >= 11 is 0. The average Bonchev–Trinajstić information content (AvgIpc) is 3.04. The first kappa shape index (κ1) is 42.6. The highest BCUT2D eigenvalue weighted by Gasteiger charge is 2.15. The maximum Gasteiger partial charge on any atom is 0.306 e. The van der Waals surface area contributed by atoms with Crippen LogP contribution in [0.4, 0.5) is 0 Å². The molecule has 0 aromatic carbocycles. The van der Waals surface area contributed by atoms with Gasteiger partial charge in [0.05, 0.1) is 6.61 Å². The largest absolute Gasteiger partial charge is 0.462 e. The van der Waals surface area contributed by atoms with E-state index in [-0.39, 0.29) is 31.6 Å². The molecule has 0 amide bonds. The second kappa shape index (κ2) is 36.1. The summed E-state index contributed by atoms with van der Waals surface area (Å²) in [6.07, 6.45) is 45.6. The van der Waals surface area contributed by atoms with Crippen molar-refractivity contribution in [2.45, 2.75) is 168 Å². The van der Waals surface area contributed by atoms with Crippen molar-refractivity contribution in [3.8, 4) is 0 Å². The molecule has 0 bridgehead atoms. The van der Waals surface area contributed by atoms with E-state index >= 15 is 0 Å². The monoisotopic (exact) mass is 629 g/mol. The van der Waals surface area contributed by atoms with Gasteiger partial charge in [0.1, 0.15) is 6.61 Å². The van der Waals surface area contributed by atoms with Crippen LogP contribution in [0, 0.1) is 0 Å².